The van der Waals surface area contributed by atoms with Gasteiger partial charge in [-0.1, -0.05) is 15.9 Å². The second kappa shape index (κ2) is 5.47. The molecule has 0 amide bonds. The van der Waals surface area contributed by atoms with Crippen molar-refractivity contribution in [2.24, 2.45) is 0 Å². The number of halogens is 1. The molecule has 6 heavy (non-hydrogen) atoms. The summed E-state index contributed by atoms with van der Waals surface area (Å²) >= 11 is 2.71. The van der Waals surface area contributed by atoms with E-state index < -0.39 is 5.97 Å². The van der Waals surface area contributed by atoms with Crippen molar-refractivity contribution in [2.45, 2.75) is 0 Å². The summed E-state index contributed by atoms with van der Waals surface area (Å²) in [6.07, 6.45) is 0. The van der Waals surface area contributed by atoms with E-state index in [0.29, 0.717) is 0 Å². The summed E-state index contributed by atoms with van der Waals surface area (Å²) in [6, 6.07) is 0. The van der Waals surface area contributed by atoms with E-state index in [1.807, 2.05) is 0 Å². The summed E-state index contributed by atoms with van der Waals surface area (Å²) in [5.74, 6) is -0.829. The van der Waals surface area contributed by atoms with E-state index in [9.17, 15) is 4.79 Å². The molecule has 4 heteroatoms. The molecule has 0 spiro atoms. The Morgan fingerprint density at radius 1 is 1.83 bits per heavy atom. The maximum Gasteiger partial charge on any atom is 0.314 e. The van der Waals surface area contributed by atoms with Gasteiger partial charge in [0.15, 0.2) is 0 Å². The van der Waals surface area contributed by atoms with Crippen molar-refractivity contribution in [1.29, 1.82) is 0 Å². The zero-order chi connectivity index (χ0) is 4.28. The van der Waals surface area contributed by atoms with Crippen LogP contribution in [0, 0.1) is 0 Å². The molecule has 1 radical (unpaired) electrons. The third-order valence-electron chi connectivity index (χ3n) is 0.114. The normalized spacial score (nSPS) is 6.17. The van der Waals surface area contributed by atoms with Gasteiger partial charge in [0.25, 0.3) is 0 Å². The molecule has 0 heterocycles. The van der Waals surface area contributed by atoms with Crippen molar-refractivity contribution in [3.63, 3.8) is 0 Å². The number of alkyl halides is 1. The Balaban J connectivity index is 0. The largest absolute Gasteiger partial charge is 0.481 e. The van der Waals surface area contributed by atoms with Crippen LogP contribution in [-0.4, -0.2) is 16.4 Å². The van der Waals surface area contributed by atoms with Crippen LogP contribution in [0.2, 0.25) is 0 Å². The Bertz CT molecular complexity index is 46.8. The van der Waals surface area contributed by atoms with E-state index >= 15 is 0 Å². The van der Waals surface area contributed by atoms with E-state index in [4.69, 9.17) is 5.11 Å². The van der Waals surface area contributed by atoms with Crippen LogP contribution in [-0.2, 0) is 21.9 Å². The van der Waals surface area contributed by atoms with E-state index in [1.165, 1.54) is 0 Å². The average Bonchev–Trinajstić information content (AvgIpc) is 1.38. The maximum atomic E-state index is 9.32. The van der Waals surface area contributed by atoms with Crippen LogP contribution < -0.4 is 0 Å². The number of hydrogen-bond acceptors (Lipinski definition) is 1. The predicted molar refractivity (Wildman–Crippen MR) is 21.4 cm³/mol. The molecule has 0 saturated heterocycles. The van der Waals surface area contributed by atoms with Crippen molar-refractivity contribution in [1.82, 2.24) is 0 Å². The zero-order valence-corrected chi connectivity index (χ0v) is 5.27. The molecule has 0 aliphatic rings. The van der Waals surface area contributed by atoms with Crippen molar-refractivity contribution >= 4 is 21.9 Å². The number of carbonyl (C=O) groups is 1. The van der Waals surface area contributed by atoms with Gasteiger partial charge in [-0.05, 0) is 0 Å². The third kappa shape index (κ3) is 8.82. The minimum atomic E-state index is -0.829. The summed E-state index contributed by atoms with van der Waals surface area (Å²) in [7, 11) is 0. The van der Waals surface area contributed by atoms with Gasteiger partial charge in [-0.3, -0.25) is 4.79 Å². The van der Waals surface area contributed by atoms with Crippen molar-refractivity contribution in [3.05, 3.63) is 0 Å². The van der Waals surface area contributed by atoms with Gasteiger partial charge in [-0.2, -0.15) is 0 Å². The predicted octanol–water partition coefficient (Wildman–Crippen LogP) is 0.463. The van der Waals surface area contributed by atoms with Crippen LogP contribution in [0.15, 0.2) is 0 Å². The van der Waals surface area contributed by atoms with Crippen molar-refractivity contribution < 1.29 is 27.0 Å². The van der Waals surface area contributed by atoms with Crippen LogP contribution in [0.1, 0.15) is 0 Å². The molecular weight excluding hydrogens is 199 g/mol. The second-order valence-corrected chi connectivity index (χ2v) is 1.09. The maximum absolute atomic E-state index is 9.32. The van der Waals surface area contributed by atoms with Gasteiger partial charge in [0.2, 0.25) is 0 Å². The summed E-state index contributed by atoms with van der Waals surface area (Å²) in [6.45, 7) is 0. The van der Waals surface area contributed by atoms with Gasteiger partial charge in [0.1, 0.15) is 5.33 Å². The first-order chi connectivity index (χ1) is 2.27. The van der Waals surface area contributed by atoms with Gasteiger partial charge in [-0.15, -0.1) is 0 Å². The van der Waals surface area contributed by atoms with E-state index in [0.717, 1.165) is 0 Å². The number of hydrogen-bond donors (Lipinski definition) is 1. The van der Waals surface area contributed by atoms with Gasteiger partial charge in [0, 0.05) is 17.1 Å². The van der Waals surface area contributed by atoms with E-state index in [1.54, 1.807) is 0 Å². The van der Waals surface area contributed by atoms with Gasteiger partial charge < -0.3 is 5.11 Å². The van der Waals surface area contributed by atoms with Crippen LogP contribution >= 0.6 is 15.9 Å². The summed E-state index contributed by atoms with van der Waals surface area (Å²) in [5, 5.41) is 7.71. The summed E-state index contributed by atoms with van der Waals surface area (Å²) < 4.78 is 0. The van der Waals surface area contributed by atoms with E-state index in [2.05, 4.69) is 15.9 Å². The fraction of sp³-hybridized carbons (Fsp3) is 0.500. The molecule has 0 unspecified atom stereocenters. The van der Waals surface area contributed by atoms with E-state index in [-0.39, 0.29) is 22.4 Å². The molecule has 0 aliphatic carbocycles. The Morgan fingerprint density at radius 3 is 2.00 bits per heavy atom. The third-order valence-corrected chi connectivity index (χ3v) is 0.594. The zero-order valence-electron chi connectivity index (χ0n) is 2.74. The minimum absolute atomic E-state index is 0. The first kappa shape index (κ1) is 9.69. The minimum Gasteiger partial charge on any atom is -0.481 e. The Kier molecular flexibility index (Phi) is 8.83. The number of rotatable bonds is 1. The molecule has 0 saturated carbocycles. The van der Waals surface area contributed by atoms with Gasteiger partial charge in [0.05, 0.1) is 0 Å². The fourth-order valence-corrected chi connectivity index (χ4v) is 0. The Labute approximate surface area is 54.5 Å². The molecule has 0 bridgehead atoms. The Morgan fingerprint density at radius 2 is 2.00 bits per heavy atom. The molecular formula is C2H3BrCuO2. The molecule has 0 aliphatic heterocycles. The SMILES string of the molecule is O=C(O)CBr.[Cu]. The standard InChI is InChI=1S/C2H3BrO2.Cu/c3-1-2(4)5;/h1H2,(H,4,5);. The van der Waals surface area contributed by atoms with Crippen LogP contribution in [0.4, 0.5) is 0 Å². The van der Waals surface area contributed by atoms with Crippen LogP contribution in [0.25, 0.3) is 0 Å². The number of carboxylic acid groups (broad SMARTS) is 1. The monoisotopic (exact) mass is 201 g/mol. The fourth-order valence-electron chi connectivity index (χ4n) is 0. The molecule has 0 atom stereocenters. The first-order valence-electron chi connectivity index (χ1n) is 1.05. The molecule has 0 rings (SSSR count). The van der Waals surface area contributed by atoms with Gasteiger partial charge in [-0.25, -0.2) is 0 Å². The summed E-state index contributed by atoms with van der Waals surface area (Å²) in [5.41, 5.74) is 0. The molecule has 1 N–H and O–H groups in total. The smallest absolute Gasteiger partial charge is 0.314 e. The first-order valence-corrected chi connectivity index (χ1v) is 2.17. The molecule has 0 fully saturated rings. The van der Waals surface area contributed by atoms with Crippen LogP contribution in [0.5, 0.6) is 0 Å². The average molecular weight is 202 g/mol. The topological polar surface area (TPSA) is 37.3 Å². The molecule has 0 aromatic carbocycles. The second-order valence-electron chi connectivity index (χ2n) is 0.527. The van der Waals surface area contributed by atoms with Crippen LogP contribution in [0.3, 0.4) is 0 Å². The number of aliphatic carboxylic acids is 1. The quantitative estimate of drug-likeness (QED) is 0.496. The van der Waals surface area contributed by atoms with Gasteiger partial charge >= 0.3 is 5.97 Å². The Hall–Kier alpha value is 0.469. The van der Waals surface area contributed by atoms with Crippen molar-refractivity contribution in [2.75, 3.05) is 5.33 Å². The molecule has 0 aromatic rings. The molecule has 41 valence electrons. The van der Waals surface area contributed by atoms with Crippen molar-refractivity contribution in [3.8, 4) is 0 Å². The number of carboxylic acids is 1. The summed E-state index contributed by atoms with van der Waals surface area (Å²) in [4.78, 5) is 9.32. The molecule has 2 nitrogen and oxygen atoms in total. The molecule has 0 aromatic heterocycles.